The van der Waals surface area contributed by atoms with Gasteiger partial charge in [-0.2, -0.15) is 0 Å². The number of pyridine rings is 2. The summed E-state index contributed by atoms with van der Waals surface area (Å²) >= 11 is 0. The van der Waals surface area contributed by atoms with E-state index in [1.165, 1.54) is 16.7 Å². The number of carbonyl (C=O) groups excluding carboxylic acids is 1. The van der Waals surface area contributed by atoms with Crippen molar-refractivity contribution in [3.63, 3.8) is 0 Å². The first-order chi connectivity index (χ1) is 17.7. The maximum Gasteiger partial charge on any atom is 0.333 e. The fourth-order valence-electron chi connectivity index (χ4n) is 4.22. The molecule has 0 bridgehead atoms. The summed E-state index contributed by atoms with van der Waals surface area (Å²) in [5, 5.41) is 6.08. The number of nitrogens with one attached hydrogen (secondary N) is 2. The molecule has 188 valence electrons. The molecular formula is C26H24N6O4S. The van der Waals surface area contributed by atoms with Crippen molar-refractivity contribution in [2.45, 2.75) is 11.8 Å². The van der Waals surface area contributed by atoms with E-state index in [0.717, 1.165) is 22.8 Å². The topological polar surface area (TPSA) is 128 Å². The Hall–Kier alpha value is -4.51. The SMILES string of the molecule is CCNC(=O)Nc1ccc(-c2ccc3ncc4c(c3c2)n(-c2ccc(S(C)(=O)=O)cc2)c(=O)n4C)cn1. The molecule has 2 aromatic carbocycles. The fraction of sp³-hybridized carbons (Fsp3) is 0.154. The first-order valence-corrected chi connectivity index (χ1v) is 13.4. The zero-order chi connectivity index (χ0) is 26.3. The minimum absolute atomic E-state index is 0.177. The number of aryl methyl sites for hydroxylation is 1. The molecule has 11 heteroatoms. The Balaban J connectivity index is 1.64. The van der Waals surface area contributed by atoms with Crippen LogP contribution in [-0.2, 0) is 16.9 Å². The maximum absolute atomic E-state index is 13.3. The monoisotopic (exact) mass is 516 g/mol. The Morgan fingerprint density at radius 1 is 0.973 bits per heavy atom. The fourth-order valence-corrected chi connectivity index (χ4v) is 4.85. The lowest BCUT2D eigenvalue weighted by atomic mass is 10.0. The summed E-state index contributed by atoms with van der Waals surface area (Å²) in [5.41, 5.74) is 3.95. The third-order valence-electron chi connectivity index (χ3n) is 6.08. The van der Waals surface area contributed by atoms with Gasteiger partial charge in [-0.3, -0.25) is 19.4 Å². The third kappa shape index (κ3) is 4.45. The van der Waals surface area contributed by atoms with E-state index in [1.54, 1.807) is 42.2 Å². The van der Waals surface area contributed by atoms with Crippen LogP contribution in [0.3, 0.4) is 0 Å². The number of carbonyl (C=O) groups is 1. The molecule has 0 saturated heterocycles. The number of anilines is 1. The van der Waals surface area contributed by atoms with Crippen LogP contribution in [0, 0.1) is 0 Å². The number of nitrogens with zero attached hydrogens (tertiary/aromatic N) is 4. The van der Waals surface area contributed by atoms with Crippen molar-refractivity contribution in [3.05, 3.63) is 77.5 Å². The van der Waals surface area contributed by atoms with E-state index in [9.17, 15) is 18.0 Å². The average molecular weight is 517 g/mol. The van der Waals surface area contributed by atoms with E-state index in [4.69, 9.17) is 0 Å². The second-order valence-corrected chi connectivity index (χ2v) is 10.6. The maximum atomic E-state index is 13.3. The number of imidazole rings is 1. The largest absolute Gasteiger partial charge is 0.338 e. The van der Waals surface area contributed by atoms with Gasteiger partial charge in [-0.1, -0.05) is 6.07 Å². The molecule has 0 aliphatic rings. The predicted octanol–water partition coefficient (Wildman–Crippen LogP) is 3.48. The second-order valence-electron chi connectivity index (χ2n) is 8.58. The number of fused-ring (bicyclic) bond motifs is 3. The number of aromatic nitrogens is 4. The quantitative estimate of drug-likeness (QED) is 0.368. The molecule has 5 aromatic rings. The summed E-state index contributed by atoms with van der Waals surface area (Å²) in [6.07, 6.45) is 4.46. The molecule has 2 N–H and O–H groups in total. The van der Waals surface area contributed by atoms with E-state index in [-0.39, 0.29) is 16.6 Å². The molecule has 0 spiro atoms. The molecule has 0 fully saturated rings. The van der Waals surface area contributed by atoms with Crippen molar-refractivity contribution in [1.29, 1.82) is 0 Å². The van der Waals surface area contributed by atoms with E-state index < -0.39 is 9.84 Å². The molecule has 3 aromatic heterocycles. The molecule has 0 atom stereocenters. The van der Waals surface area contributed by atoms with Crippen molar-refractivity contribution in [2.24, 2.45) is 7.05 Å². The van der Waals surface area contributed by atoms with Gasteiger partial charge in [0.1, 0.15) is 5.82 Å². The summed E-state index contributed by atoms with van der Waals surface area (Å²) in [4.78, 5) is 34.1. The van der Waals surface area contributed by atoms with Gasteiger partial charge in [-0.05, 0) is 61.0 Å². The highest BCUT2D eigenvalue weighted by atomic mass is 32.2. The minimum atomic E-state index is -3.37. The van der Waals surface area contributed by atoms with E-state index in [0.29, 0.717) is 34.6 Å². The van der Waals surface area contributed by atoms with Crippen LogP contribution in [0.15, 0.2) is 76.7 Å². The van der Waals surface area contributed by atoms with Crippen molar-refractivity contribution >= 4 is 43.6 Å². The highest BCUT2D eigenvalue weighted by Gasteiger charge is 2.17. The smallest absolute Gasteiger partial charge is 0.333 e. The number of hydrogen-bond acceptors (Lipinski definition) is 6. The van der Waals surface area contributed by atoms with Gasteiger partial charge >= 0.3 is 11.7 Å². The number of amides is 2. The Bertz CT molecular complexity index is 1820. The molecule has 3 heterocycles. The van der Waals surface area contributed by atoms with Crippen LogP contribution < -0.4 is 16.3 Å². The van der Waals surface area contributed by atoms with Gasteiger partial charge < -0.3 is 5.32 Å². The molecule has 0 aliphatic carbocycles. The number of hydrogen-bond donors (Lipinski definition) is 2. The van der Waals surface area contributed by atoms with Crippen LogP contribution in [-0.4, -0.2) is 46.4 Å². The van der Waals surface area contributed by atoms with Crippen LogP contribution in [0.1, 0.15) is 6.92 Å². The molecule has 10 nitrogen and oxygen atoms in total. The van der Waals surface area contributed by atoms with Crippen LogP contribution in [0.4, 0.5) is 10.6 Å². The molecule has 0 unspecified atom stereocenters. The lowest BCUT2D eigenvalue weighted by Crippen LogP contribution is -2.28. The lowest BCUT2D eigenvalue weighted by Gasteiger charge is -2.09. The Kier molecular flexibility index (Phi) is 6.00. The number of urea groups is 1. The summed E-state index contributed by atoms with van der Waals surface area (Å²) in [6.45, 7) is 2.34. The summed E-state index contributed by atoms with van der Waals surface area (Å²) in [5.74, 6) is 0.425. The first-order valence-electron chi connectivity index (χ1n) is 11.5. The molecule has 2 amide bonds. The molecule has 0 radical (unpaired) electrons. The number of benzene rings is 2. The van der Waals surface area contributed by atoms with Gasteiger partial charge in [0.2, 0.25) is 0 Å². The molecule has 5 rings (SSSR count). The number of rotatable bonds is 5. The van der Waals surface area contributed by atoms with Crippen LogP contribution in [0.5, 0.6) is 0 Å². The average Bonchev–Trinajstić information content (AvgIpc) is 3.14. The molecule has 0 aliphatic heterocycles. The zero-order valence-electron chi connectivity index (χ0n) is 20.4. The second kappa shape index (κ2) is 9.17. The van der Waals surface area contributed by atoms with Crippen LogP contribution >= 0.6 is 0 Å². The molecule has 0 saturated carbocycles. The Morgan fingerprint density at radius 3 is 2.35 bits per heavy atom. The standard InChI is InChI=1S/C26H24N6O4S/c1-4-27-25(33)30-23-12-6-17(14-29-23)16-5-11-21-20(13-16)24-22(15-28-21)31(2)26(34)32(24)18-7-9-19(10-8-18)37(3,35)36/h5-15H,4H2,1-3H3,(H2,27,29,30,33). The van der Waals surface area contributed by atoms with Gasteiger partial charge in [-0.15, -0.1) is 0 Å². The highest BCUT2D eigenvalue weighted by Crippen LogP contribution is 2.30. The third-order valence-corrected chi connectivity index (χ3v) is 7.21. The van der Waals surface area contributed by atoms with Crippen molar-refractivity contribution in [1.82, 2.24) is 24.4 Å². The van der Waals surface area contributed by atoms with Gasteiger partial charge in [0, 0.05) is 37.0 Å². The van der Waals surface area contributed by atoms with Gasteiger partial charge in [-0.25, -0.2) is 23.0 Å². The summed E-state index contributed by atoms with van der Waals surface area (Å²) in [6, 6.07) is 15.2. The van der Waals surface area contributed by atoms with Crippen molar-refractivity contribution < 1.29 is 13.2 Å². The normalized spacial score (nSPS) is 11.6. The Morgan fingerprint density at radius 2 is 1.70 bits per heavy atom. The van der Waals surface area contributed by atoms with Gasteiger partial charge in [0.15, 0.2) is 9.84 Å². The highest BCUT2D eigenvalue weighted by molar-refractivity contribution is 7.90. The predicted molar refractivity (Wildman–Crippen MR) is 143 cm³/mol. The number of sulfone groups is 1. The Labute approximate surface area is 212 Å². The van der Waals surface area contributed by atoms with E-state index >= 15 is 0 Å². The lowest BCUT2D eigenvalue weighted by molar-refractivity contribution is 0.252. The van der Waals surface area contributed by atoms with E-state index in [2.05, 4.69) is 20.6 Å². The van der Waals surface area contributed by atoms with Crippen LogP contribution in [0.25, 0.3) is 38.8 Å². The summed E-state index contributed by atoms with van der Waals surface area (Å²) < 4.78 is 26.9. The molecule has 37 heavy (non-hydrogen) atoms. The molecular weight excluding hydrogens is 492 g/mol. The summed E-state index contributed by atoms with van der Waals surface area (Å²) in [7, 11) is -1.69. The van der Waals surface area contributed by atoms with E-state index in [1.807, 2.05) is 31.2 Å². The minimum Gasteiger partial charge on any atom is -0.338 e. The van der Waals surface area contributed by atoms with Crippen molar-refractivity contribution in [3.8, 4) is 16.8 Å². The first kappa shape index (κ1) is 24.2. The zero-order valence-corrected chi connectivity index (χ0v) is 21.2. The van der Waals surface area contributed by atoms with Gasteiger partial charge in [0.25, 0.3) is 0 Å². The van der Waals surface area contributed by atoms with Gasteiger partial charge in [0.05, 0.1) is 33.3 Å². The van der Waals surface area contributed by atoms with Crippen LogP contribution in [0.2, 0.25) is 0 Å². The van der Waals surface area contributed by atoms with Crippen molar-refractivity contribution in [2.75, 3.05) is 18.1 Å².